The van der Waals surface area contributed by atoms with E-state index in [2.05, 4.69) is 16.1 Å². The summed E-state index contributed by atoms with van der Waals surface area (Å²) in [5.74, 6) is -0.461. The maximum atomic E-state index is 12.6. The fraction of sp³-hybridized carbons (Fsp3) is 0.467. The summed E-state index contributed by atoms with van der Waals surface area (Å²) in [6.45, 7) is 3.35. The summed E-state index contributed by atoms with van der Waals surface area (Å²) >= 11 is 0. The van der Waals surface area contributed by atoms with Crippen molar-refractivity contribution in [2.24, 2.45) is 5.92 Å². The van der Waals surface area contributed by atoms with E-state index in [4.69, 9.17) is 0 Å². The second-order valence-corrected chi connectivity index (χ2v) is 7.84. The Balaban J connectivity index is 1.94. The lowest BCUT2D eigenvalue weighted by atomic mass is 10.0. The van der Waals surface area contributed by atoms with Gasteiger partial charge in [-0.3, -0.25) is 4.79 Å². The van der Waals surface area contributed by atoms with Crippen molar-refractivity contribution >= 4 is 21.6 Å². The molecule has 1 saturated carbocycles. The van der Waals surface area contributed by atoms with Crippen LogP contribution in [0.2, 0.25) is 0 Å². The summed E-state index contributed by atoms with van der Waals surface area (Å²) in [5, 5.41) is 12.0. The summed E-state index contributed by atoms with van der Waals surface area (Å²) in [6, 6.07) is 6.62. The third-order valence-corrected chi connectivity index (χ3v) is 5.99. The number of nitrogens with zero attached hydrogens (tertiary/aromatic N) is 1. The number of benzene rings is 1. The number of carbonyl (C=O) groups is 1. The molecule has 116 valence electrons. The molecule has 0 radical (unpaired) electrons. The van der Waals surface area contributed by atoms with Gasteiger partial charge in [-0.2, -0.15) is 9.98 Å². The van der Waals surface area contributed by atoms with Gasteiger partial charge in [0.05, 0.1) is 16.9 Å². The summed E-state index contributed by atoms with van der Waals surface area (Å²) in [5.41, 5.74) is 0.219. The number of rotatable bonds is 4. The molecule has 1 heterocycles. The van der Waals surface area contributed by atoms with Crippen LogP contribution in [0.15, 0.2) is 23.1 Å². The van der Waals surface area contributed by atoms with E-state index in [1.165, 1.54) is 12.1 Å². The minimum Gasteiger partial charge on any atom is -0.325 e. The van der Waals surface area contributed by atoms with E-state index in [-0.39, 0.29) is 22.6 Å². The molecule has 2 N–H and O–H groups in total. The van der Waals surface area contributed by atoms with E-state index < -0.39 is 15.6 Å². The quantitative estimate of drug-likeness (QED) is 0.882. The average Bonchev–Trinajstić information content (AvgIpc) is 3.27. The maximum absolute atomic E-state index is 12.6. The van der Waals surface area contributed by atoms with Crippen LogP contribution in [-0.2, 0) is 14.8 Å². The SMILES string of the molecule is C[C@H]1C(=O)Nc2ccc(S(=O)(=O)N[C@](C)(C#N)C3CC3)cc21. The summed E-state index contributed by atoms with van der Waals surface area (Å²) in [7, 11) is -3.81. The van der Waals surface area contributed by atoms with Crippen LogP contribution in [0.1, 0.15) is 38.2 Å². The monoisotopic (exact) mass is 319 g/mol. The Morgan fingerprint density at radius 2 is 2.09 bits per heavy atom. The molecule has 1 fully saturated rings. The number of carbonyl (C=O) groups excluding carboxylic acids is 1. The van der Waals surface area contributed by atoms with Gasteiger partial charge in [0.25, 0.3) is 0 Å². The molecule has 0 bridgehead atoms. The minimum atomic E-state index is -3.81. The molecule has 0 unspecified atom stereocenters. The van der Waals surface area contributed by atoms with E-state index in [9.17, 15) is 18.5 Å². The maximum Gasteiger partial charge on any atom is 0.241 e. The Bertz CT molecular complexity index is 793. The van der Waals surface area contributed by atoms with Crippen LogP contribution in [-0.4, -0.2) is 19.9 Å². The predicted molar refractivity (Wildman–Crippen MR) is 80.6 cm³/mol. The largest absolute Gasteiger partial charge is 0.325 e. The average molecular weight is 319 g/mol. The highest BCUT2D eigenvalue weighted by Crippen LogP contribution is 2.40. The lowest BCUT2D eigenvalue weighted by Crippen LogP contribution is -2.46. The van der Waals surface area contributed by atoms with Crippen molar-refractivity contribution in [3.05, 3.63) is 23.8 Å². The first-order valence-electron chi connectivity index (χ1n) is 7.17. The molecule has 0 spiro atoms. The lowest BCUT2D eigenvalue weighted by molar-refractivity contribution is -0.116. The van der Waals surface area contributed by atoms with E-state index in [1.807, 2.05) is 0 Å². The van der Waals surface area contributed by atoms with Gasteiger partial charge in [-0.05, 0) is 56.4 Å². The van der Waals surface area contributed by atoms with Crippen molar-refractivity contribution in [1.29, 1.82) is 5.26 Å². The standard InChI is InChI=1S/C15H17N3O3S/c1-9-12-7-11(5-6-13(12)17-14(9)19)22(20,21)18-15(2,8-16)10-3-4-10/h5-7,9-10,18H,3-4H2,1-2H3,(H,17,19)/t9-,15-/m1/s1. The van der Waals surface area contributed by atoms with Crippen molar-refractivity contribution in [1.82, 2.24) is 4.72 Å². The number of hydrogen-bond donors (Lipinski definition) is 2. The van der Waals surface area contributed by atoms with Gasteiger partial charge in [0.2, 0.25) is 15.9 Å². The lowest BCUT2D eigenvalue weighted by Gasteiger charge is -2.22. The summed E-state index contributed by atoms with van der Waals surface area (Å²) in [6.07, 6.45) is 1.71. The summed E-state index contributed by atoms with van der Waals surface area (Å²) < 4.78 is 27.6. The molecule has 22 heavy (non-hydrogen) atoms. The zero-order valence-electron chi connectivity index (χ0n) is 12.4. The Morgan fingerprint density at radius 1 is 1.41 bits per heavy atom. The highest BCUT2D eigenvalue weighted by Gasteiger charge is 2.45. The summed E-state index contributed by atoms with van der Waals surface area (Å²) in [4.78, 5) is 11.7. The van der Waals surface area contributed by atoms with Crippen LogP contribution in [0.25, 0.3) is 0 Å². The molecule has 3 rings (SSSR count). The van der Waals surface area contributed by atoms with Gasteiger partial charge in [-0.25, -0.2) is 8.42 Å². The van der Waals surface area contributed by atoms with Crippen LogP contribution in [0.4, 0.5) is 5.69 Å². The Kier molecular flexibility index (Phi) is 3.27. The molecule has 1 aliphatic heterocycles. The van der Waals surface area contributed by atoms with Gasteiger partial charge in [0.1, 0.15) is 5.54 Å². The number of nitrogens with one attached hydrogen (secondary N) is 2. The fourth-order valence-electron chi connectivity index (χ4n) is 2.76. The van der Waals surface area contributed by atoms with E-state index in [1.54, 1.807) is 19.9 Å². The number of sulfonamides is 1. The molecule has 6 nitrogen and oxygen atoms in total. The fourth-order valence-corrected chi connectivity index (χ4v) is 4.18. The highest BCUT2D eigenvalue weighted by atomic mass is 32.2. The van der Waals surface area contributed by atoms with Crippen molar-refractivity contribution in [2.75, 3.05) is 5.32 Å². The first kappa shape index (κ1) is 15.0. The first-order valence-corrected chi connectivity index (χ1v) is 8.65. The number of nitriles is 1. The molecule has 1 amide bonds. The molecule has 1 aliphatic carbocycles. The van der Waals surface area contributed by atoms with Crippen molar-refractivity contribution in [2.45, 2.75) is 43.0 Å². The normalized spacial score (nSPS) is 23.3. The number of anilines is 1. The highest BCUT2D eigenvalue weighted by molar-refractivity contribution is 7.89. The molecule has 2 atom stereocenters. The van der Waals surface area contributed by atoms with Crippen molar-refractivity contribution in [3.8, 4) is 6.07 Å². The van der Waals surface area contributed by atoms with Crippen LogP contribution in [0.3, 0.4) is 0 Å². The zero-order valence-corrected chi connectivity index (χ0v) is 13.2. The molecule has 7 heteroatoms. The topological polar surface area (TPSA) is 99.1 Å². The van der Waals surface area contributed by atoms with Gasteiger partial charge < -0.3 is 5.32 Å². The van der Waals surface area contributed by atoms with E-state index in [0.717, 1.165) is 12.8 Å². The Morgan fingerprint density at radius 3 is 2.68 bits per heavy atom. The van der Waals surface area contributed by atoms with Crippen molar-refractivity contribution < 1.29 is 13.2 Å². The third kappa shape index (κ3) is 2.38. The van der Waals surface area contributed by atoms with Gasteiger partial charge in [0, 0.05) is 5.69 Å². The first-order chi connectivity index (χ1) is 10.3. The zero-order chi connectivity index (χ0) is 16.1. The predicted octanol–water partition coefficient (Wildman–Crippen LogP) is 1.71. The number of amides is 1. The minimum absolute atomic E-state index is 0.0591. The van der Waals surface area contributed by atoms with Gasteiger partial charge in [0.15, 0.2) is 0 Å². The van der Waals surface area contributed by atoms with Crippen LogP contribution in [0.5, 0.6) is 0 Å². The molecule has 2 aliphatic rings. The van der Waals surface area contributed by atoms with Gasteiger partial charge in [-0.15, -0.1) is 0 Å². The molecule has 1 aromatic carbocycles. The Labute approximate surface area is 129 Å². The third-order valence-electron chi connectivity index (χ3n) is 4.42. The second-order valence-electron chi connectivity index (χ2n) is 6.15. The van der Waals surface area contributed by atoms with Gasteiger partial charge >= 0.3 is 0 Å². The second kappa shape index (κ2) is 4.80. The van der Waals surface area contributed by atoms with Gasteiger partial charge in [-0.1, -0.05) is 0 Å². The number of fused-ring (bicyclic) bond motifs is 1. The molecule has 1 aromatic rings. The smallest absolute Gasteiger partial charge is 0.241 e. The Hall–Kier alpha value is -1.91. The molecule has 0 saturated heterocycles. The number of hydrogen-bond acceptors (Lipinski definition) is 4. The molecular weight excluding hydrogens is 302 g/mol. The van der Waals surface area contributed by atoms with Crippen LogP contribution >= 0.6 is 0 Å². The molecular formula is C15H17N3O3S. The van der Waals surface area contributed by atoms with E-state index >= 15 is 0 Å². The van der Waals surface area contributed by atoms with Crippen LogP contribution in [0, 0.1) is 17.2 Å². The van der Waals surface area contributed by atoms with Crippen LogP contribution < -0.4 is 10.0 Å². The van der Waals surface area contributed by atoms with E-state index in [0.29, 0.717) is 11.3 Å². The molecule has 0 aromatic heterocycles. The van der Waals surface area contributed by atoms with Crippen molar-refractivity contribution in [3.63, 3.8) is 0 Å².